The number of rotatable bonds is 12. The van der Waals surface area contributed by atoms with Crippen molar-refractivity contribution in [1.82, 2.24) is 0 Å². The standard InChI is InChI=1S/C12H24O5S/c1-11(10-12(13)15-3)18-9-8-17-7-6-16-5-4-14-2/h11H,4-10H2,1-3H3. The number of ether oxygens (including phenoxy) is 4. The van der Waals surface area contributed by atoms with Crippen LogP contribution in [0, 0.1) is 0 Å². The predicted octanol–water partition coefficient (Wildman–Crippen LogP) is 1.35. The molecule has 5 nitrogen and oxygen atoms in total. The van der Waals surface area contributed by atoms with Crippen LogP contribution in [0.1, 0.15) is 13.3 Å². The zero-order valence-corrected chi connectivity index (χ0v) is 12.3. The summed E-state index contributed by atoms with van der Waals surface area (Å²) in [6.45, 7) is 5.08. The van der Waals surface area contributed by atoms with Gasteiger partial charge in [-0.1, -0.05) is 6.92 Å². The first-order valence-corrected chi connectivity index (χ1v) is 7.08. The molecular weight excluding hydrogens is 256 g/mol. The molecule has 1 unspecified atom stereocenters. The average molecular weight is 280 g/mol. The van der Waals surface area contributed by atoms with Gasteiger partial charge >= 0.3 is 5.97 Å². The van der Waals surface area contributed by atoms with Gasteiger partial charge in [0.2, 0.25) is 0 Å². The fourth-order valence-corrected chi connectivity index (χ4v) is 2.02. The third kappa shape index (κ3) is 12.2. The van der Waals surface area contributed by atoms with E-state index in [1.54, 1.807) is 18.9 Å². The second-order valence-corrected chi connectivity index (χ2v) is 5.23. The number of carbonyl (C=O) groups excluding carboxylic acids is 1. The van der Waals surface area contributed by atoms with Crippen molar-refractivity contribution in [1.29, 1.82) is 0 Å². The highest BCUT2D eigenvalue weighted by molar-refractivity contribution is 7.99. The minimum Gasteiger partial charge on any atom is -0.469 e. The first-order valence-electron chi connectivity index (χ1n) is 6.03. The van der Waals surface area contributed by atoms with Gasteiger partial charge in [0.25, 0.3) is 0 Å². The summed E-state index contributed by atoms with van der Waals surface area (Å²) >= 11 is 1.71. The molecule has 0 aromatic carbocycles. The van der Waals surface area contributed by atoms with Gasteiger partial charge in [0.1, 0.15) is 0 Å². The molecule has 108 valence electrons. The zero-order chi connectivity index (χ0) is 13.6. The number of methoxy groups -OCH3 is 2. The second-order valence-electron chi connectivity index (χ2n) is 3.68. The molecule has 0 aromatic heterocycles. The lowest BCUT2D eigenvalue weighted by atomic mass is 10.3. The molecule has 1 atom stereocenters. The van der Waals surface area contributed by atoms with E-state index in [1.165, 1.54) is 7.11 Å². The third-order valence-electron chi connectivity index (χ3n) is 2.12. The Morgan fingerprint density at radius 2 is 1.67 bits per heavy atom. The highest BCUT2D eigenvalue weighted by Gasteiger charge is 2.08. The molecule has 0 bridgehead atoms. The molecule has 0 N–H and O–H groups in total. The van der Waals surface area contributed by atoms with Gasteiger partial charge in [-0.2, -0.15) is 11.8 Å². The van der Waals surface area contributed by atoms with Crippen LogP contribution in [0.3, 0.4) is 0 Å². The molecule has 0 aliphatic carbocycles. The van der Waals surface area contributed by atoms with E-state index >= 15 is 0 Å². The van der Waals surface area contributed by atoms with Crippen LogP contribution in [0.15, 0.2) is 0 Å². The number of hydrogen-bond donors (Lipinski definition) is 0. The molecule has 6 heteroatoms. The Bertz CT molecular complexity index is 201. The van der Waals surface area contributed by atoms with Crippen LogP contribution in [0.2, 0.25) is 0 Å². The minimum absolute atomic E-state index is 0.164. The monoisotopic (exact) mass is 280 g/mol. The summed E-state index contributed by atoms with van der Waals surface area (Å²) in [7, 11) is 3.05. The molecule has 0 aliphatic rings. The highest BCUT2D eigenvalue weighted by atomic mass is 32.2. The largest absolute Gasteiger partial charge is 0.469 e. The van der Waals surface area contributed by atoms with Gasteiger partial charge in [-0.15, -0.1) is 0 Å². The maximum absolute atomic E-state index is 11.0. The Morgan fingerprint density at radius 3 is 2.28 bits per heavy atom. The maximum Gasteiger partial charge on any atom is 0.306 e. The van der Waals surface area contributed by atoms with Crippen LogP contribution in [0.5, 0.6) is 0 Å². The number of esters is 1. The average Bonchev–Trinajstić information content (AvgIpc) is 2.36. The smallest absolute Gasteiger partial charge is 0.306 e. The zero-order valence-electron chi connectivity index (χ0n) is 11.5. The Labute approximate surface area is 113 Å². The van der Waals surface area contributed by atoms with Gasteiger partial charge < -0.3 is 18.9 Å². The summed E-state index contributed by atoms with van der Waals surface area (Å²) in [5, 5.41) is 0.263. The summed E-state index contributed by atoms with van der Waals surface area (Å²) in [6, 6.07) is 0. The fraction of sp³-hybridized carbons (Fsp3) is 0.917. The first kappa shape index (κ1) is 17.7. The maximum atomic E-state index is 11.0. The molecule has 0 fully saturated rings. The highest BCUT2D eigenvalue weighted by Crippen LogP contribution is 2.13. The van der Waals surface area contributed by atoms with E-state index in [4.69, 9.17) is 14.2 Å². The minimum atomic E-state index is -0.164. The molecule has 0 spiro atoms. The van der Waals surface area contributed by atoms with Crippen molar-refractivity contribution in [2.24, 2.45) is 0 Å². The molecule has 0 amide bonds. The van der Waals surface area contributed by atoms with E-state index in [0.717, 1.165) is 5.75 Å². The van der Waals surface area contributed by atoms with Gasteiger partial charge in [0.05, 0.1) is 46.6 Å². The van der Waals surface area contributed by atoms with Crippen LogP contribution in [-0.4, -0.2) is 64.2 Å². The van der Waals surface area contributed by atoms with Gasteiger partial charge in [0, 0.05) is 18.1 Å². The fourth-order valence-electron chi connectivity index (χ4n) is 1.15. The van der Waals surface area contributed by atoms with Crippen LogP contribution >= 0.6 is 11.8 Å². The van der Waals surface area contributed by atoms with Crippen molar-refractivity contribution in [3.8, 4) is 0 Å². The Kier molecular flexibility index (Phi) is 12.9. The number of carbonyl (C=O) groups is 1. The molecule has 0 rings (SSSR count). The summed E-state index contributed by atoms with van der Waals surface area (Å²) in [5.74, 6) is 0.707. The molecule has 0 radical (unpaired) electrons. The molecule has 0 heterocycles. The Morgan fingerprint density at radius 1 is 1.06 bits per heavy atom. The molecule has 0 aromatic rings. The predicted molar refractivity (Wildman–Crippen MR) is 72.1 cm³/mol. The van der Waals surface area contributed by atoms with E-state index in [2.05, 4.69) is 4.74 Å². The molecule has 18 heavy (non-hydrogen) atoms. The van der Waals surface area contributed by atoms with Crippen LogP contribution in [-0.2, 0) is 23.7 Å². The Hall–Kier alpha value is -0.300. The van der Waals surface area contributed by atoms with E-state index in [0.29, 0.717) is 39.5 Å². The normalized spacial score (nSPS) is 12.4. The summed E-state index contributed by atoms with van der Waals surface area (Å²) in [5.41, 5.74) is 0. The lowest BCUT2D eigenvalue weighted by molar-refractivity contribution is -0.140. The van der Waals surface area contributed by atoms with Crippen molar-refractivity contribution in [3.63, 3.8) is 0 Å². The van der Waals surface area contributed by atoms with E-state index in [9.17, 15) is 4.79 Å². The Balaban J connectivity index is 3.17. The lowest BCUT2D eigenvalue weighted by Gasteiger charge is -2.10. The van der Waals surface area contributed by atoms with E-state index < -0.39 is 0 Å². The summed E-state index contributed by atoms with van der Waals surface area (Å²) in [6.07, 6.45) is 0.446. The van der Waals surface area contributed by atoms with Crippen molar-refractivity contribution < 1.29 is 23.7 Å². The SMILES string of the molecule is COCCOCCOCCSC(C)CC(=O)OC. The van der Waals surface area contributed by atoms with Crippen molar-refractivity contribution in [2.45, 2.75) is 18.6 Å². The van der Waals surface area contributed by atoms with Crippen molar-refractivity contribution in [3.05, 3.63) is 0 Å². The molecule has 0 saturated carbocycles. The van der Waals surface area contributed by atoms with Crippen LogP contribution in [0.4, 0.5) is 0 Å². The van der Waals surface area contributed by atoms with Gasteiger partial charge in [-0.3, -0.25) is 4.79 Å². The third-order valence-corrected chi connectivity index (χ3v) is 3.25. The van der Waals surface area contributed by atoms with Crippen molar-refractivity contribution >= 4 is 17.7 Å². The number of hydrogen-bond acceptors (Lipinski definition) is 6. The topological polar surface area (TPSA) is 54.0 Å². The van der Waals surface area contributed by atoms with Gasteiger partial charge in [-0.05, 0) is 0 Å². The van der Waals surface area contributed by atoms with E-state index in [-0.39, 0.29) is 11.2 Å². The van der Waals surface area contributed by atoms with Crippen molar-refractivity contribution in [2.75, 3.05) is 53.0 Å². The summed E-state index contributed by atoms with van der Waals surface area (Å²) in [4.78, 5) is 11.0. The quantitative estimate of drug-likeness (QED) is 0.397. The molecular formula is C12H24O5S. The van der Waals surface area contributed by atoms with E-state index in [1.807, 2.05) is 6.92 Å². The van der Waals surface area contributed by atoms with Gasteiger partial charge in [-0.25, -0.2) is 0 Å². The first-order chi connectivity index (χ1) is 8.70. The number of thioether (sulfide) groups is 1. The van der Waals surface area contributed by atoms with Crippen LogP contribution in [0.25, 0.3) is 0 Å². The lowest BCUT2D eigenvalue weighted by Crippen LogP contribution is -2.12. The second kappa shape index (κ2) is 13.1. The summed E-state index contributed by atoms with van der Waals surface area (Å²) < 4.78 is 20.1. The molecule has 0 aliphatic heterocycles. The molecule has 0 saturated heterocycles. The van der Waals surface area contributed by atoms with Crippen LogP contribution < -0.4 is 0 Å². The van der Waals surface area contributed by atoms with Gasteiger partial charge in [0.15, 0.2) is 0 Å².